The molecule has 1 aromatic carbocycles. The number of hydrogen-bond acceptors (Lipinski definition) is 3. The van der Waals surface area contributed by atoms with Gasteiger partial charge in [0.2, 0.25) is 0 Å². The smallest absolute Gasteiger partial charge is 0.401 e. The maximum absolute atomic E-state index is 12.3. The molecule has 0 fully saturated rings. The van der Waals surface area contributed by atoms with Crippen molar-refractivity contribution >= 4 is 5.97 Å². The van der Waals surface area contributed by atoms with Crippen molar-refractivity contribution in [1.29, 1.82) is 0 Å². The van der Waals surface area contributed by atoms with Crippen molar-refractivity contribution in [3.63, 3.8) is 0 Å². The van der Waals surface area contributed by atoms with Crippen LogP contribution in [0.3, 0.4) is 0 Å². The predicted molar refractivity (Wildman–Crippen MR) is 62.0 cm³/mol. The average Bonchev–Trinajstić information content (AvgIpc) is 2.26. The van der Waals surface area contributed by atoms with Gasteiger partial charge in [0.1, 0.15) is 5.75 Å². The van der Waals surface area contributed by atoms with E-state index in [4.69, 9.17) is 9.84 Å². The van der Waals surface area contributed by atoms with Crippen LogP contribution >= 0.6 is 0 Å². The molecule has 0 radical (unpaired) electrons. The molecule has 106 valence electrons. The van der Waals surface area contributed by atoms with Gasteiger partial charge in [-0.3, -0.25) is 9.69 Å². The second-order valence-corrected chi connectivity index (χ2v) is 4.00. The topological polar surface area (TPSA) is 49.8 Å². The second kappa shape index (κ2) is 6.42. The Morgan fingerprint density at radius 1 is 1.32 bits per heavy atom. The fourth-order valence-electron chi connectivity index (χ4n) is 1.60. The minimum atomic E-state index is -4.43. The van der Waals surface area contributed by atoms with Crippen LogP contribution in [-0.4, -0.2) is 42.4 Å². The molecule has 0 saturated heterocycles. The van der Waals surface area contributed by atoms with Gasteiger partial charge in [-0.2, -0.15) is 13.2 Å². The van der Waals surface area contributed by atoms with Crippen LogP contribution in [0.15, 0.2) is 24.3 Å². The summed E-state index contributed by atoms with van der Waals surface area (Å²) in [4.78, 5) is 11.4. The number of alkyl halides is 3. The summed E-state index contributed by atoms with van der Waals surface area (Å²) in [5.74, 6) is -0.706. The molecule has 0 bridgehead atoms. The fraction of sp³-hybridized carbons (Fsp3) is 0.417. The lowest BCUT2D eigenvalue weighted by Gasteiger charge is -2.21. The van der Waals surface area contributed by atoms with Crippen molar-refractivity contribution in [2.75, 3.05) is 20.2 Å². The molecule has 0 unspecified atom stereocenters. The molecule has 0 aliphatic carbocycles. The van der Waals surface area contributed by atoms with Gasteiger partial charge in [-0.1, -0.05) is 12.1 Å². The quantitative estimate of drug-likeness (QED) is 0.865. The van der Waals surface area contributed by atoms with Crippen LogP contribution in [0.25, 0.3) is 0 Å². The summed E-state index contributed by atoms with van der Waals surface area (Å²) >= 11 is 0. The van der Waals surface area contributed by atoms with Gasteiger partial charge in [0, 0.05) is 6.54 Å². The van der Waals surface area contributed by atoms with Crippen LogP contribution < -0.4 is 4.74 Å². The molecule has 0 saturated carbocycles. The minimum absolute atomic E-state index is 0.0875. The number of carboxylic acids is 1. The first-order valence-corrected chi connectivity index (χ1v) is 5.44. The Kier molecular flexibility index (Phi) is 5.17. The molecule has 1 rings (SSSR count). The maximum Gasteiger partial charge on any atom is 0.401 e. The van der Waals surface area contributed by atoms with Gasteiger partial charge in [-0.05, 0) is 17.7 Å². The van der Waals surface area contributed by atoms with Gasteiger partial charge in [-0.15, -0.1) is 0 Å². The highest BCUT2D eigenvalue weighted by atomic mass is 19.4. The Morgan fingerprint density at radius 2 is 1.89 bits per heavy atom. The number of aliphatic carboxylic acids is 1. The van der Waals surface area contributed by atoms with Crippen LogP contribution in [0.2, 0.25) is 0 Å². The van der Waals surface area contributed by atoms with Gasteiger partial charge in [0.05, 0.1) is 20.2 Å². The number of rotatable bonds is 6. The van der Waals surface area contributed by atoms with Crippen LogP contribution in [0.5, 0.6) is 5.75 Å². The fourth-order valence-corrected chi connectivity index (χ4v) is 1.60. The number of benzene rings is 1. The molecule has 0 aliphatic heterocycles. The third-order valence-corrected chi connectivity index (χ3v) is 2.33. The van der Waals surface area contributed by atoms with Crippen molar-refractivity contribution in [3.8, 4) is 5.75 Å². The van der Waals surface area contributed by atoms with E-state index in [9.17, 15) is 18.0 Å². The highest BCUT2D eigenvalue weighted by molar-refractivity contribution is 5.69. The summed E-state index contributed by atoms with van der Waals surface area (Å²) in [7, 11) is 1.48. The molecule has 0 atom stereocenters. The van der Waals surface area contributed by atoms with Gasteiger partial charge >= 0.3 is 12.1 Å². The van der Waals surface area contributed by atoms with E-state index in [0.29, 0.717) is 11.3 Å². The van der Waals surface area contributed by atoms with Crippen LogP contribution in [0.4, 0.5) is 13.2 Å². The standard InChI is InChI=1S/C12H14F3NO3/c1-19-10-4-2-9(3-5-10)6-16(7-11(17)18)8-12(13,14)15/h2-5H,6-8H2,1H3,(H,17,18). The average molecular weight is 277 g/mol. The van der Waals surface area contributed by atoms with Gasteiger partial charge in [0.15, 0.2) is 0 Å². The van der Waals surface area contributed by atoms with E-state index < -0.39 is 25.2 Å². The number of methoxy groups -OCH3 is 1. The van der Waals surface area contributed by atoms with Crippen LogP contribution in [-0.2, 0) is 11.3 Å². The Morgan fingerprint density at radius 3 is 2.32 bits per heavy atom. The number of ether oxygens (including phenoxy) is 1. The van der Waals surface area contributed by atoms with Crippen LogP contribution in [0, 0.1) is 0 Å². The molecular weight excluding hydrogens is 263 g/mol. The first kappa shape index (κ1) is 15.3. The van der Waals surface area contributed by atoms with E-state index in [0.717, 1.165) is 4.90 Å². The first-order chi connectivity index (χ1) is 8.80. The van der Waals surface area contributed by atoms with E-state index >= 15 is 0 Å². The molecule has 0 heterocycles. The molecule has 7 heteroatoms. The number of nitrogens with zero attached hydrogens (tertiary/aromatic N) is 1. The summed E-state index contributed by atoms with van der Waals surface area (Å²) in [6.07, 6.45) is -4.43. The monoisotopic (exact) mass is 277 g/mol. The molecule has 4 nitrogen and oxygen atoms in total. The molecule has 1 N–H and O–H groups in total. The lowest BCUT2D eigenvalue weighted by molar-refractivity contribution is -0.154. The Bertz CT molecular complexity index is 417. The highest BCUT2D eigenvalue weighted by Gasteiger charge is 2.31. The SMILES string of the molecule is COc1ccc(CN(CC(=O)O)CC(F)(F)F)cc1. The van der Waals surface area contributed by atoms with E-state index in [-0.39, 0.29) is 6.54 Å². The highest BCUT2D eigenvalue weighted by Crippen LogP contribution is 2.19. The summed E-state index contributed by atoms with van der Waals surface area (Å²) < 4.78 is 41.9. The number of carbonyl (C=O) groups is 1. The summed E-state index contributed by atoms with van der Waals surface area (Å²) in [5.41, 5.74) is 0.589. The van der Waals surface area contributed by atoms with Crippen molar-refractivity contribution in [2.45, 2.75) is 12.7 Å². The van der Waals surface area contributed by atoms with Crippen LogP contribution in [0.1, 0.15) is 5.56 Å². The number of halogens is 3. The normalized spacial score (nSPS) is 11.6. The summed E-state index contributed by atoms with van der Waals surface area (Å²) in [5, 5.41) is 8.61. The van der Waals surface area contributed by atoms with E-state index in [1.165, 1.54) is 7.11 Å². The molecule has 0 aliphatic rings. The van der Waals surface area contributed by atoms with Gasteiger partial charge < -0.3 is 9.84 Å². The van der Waals surface area contributed by atoms with Crippen molar-refractivity contribution in [1.82, 2.24) is 4.90 Å². The zero-order valence-corrected chi connectivity index (χ0v) is 10.3. The maximum atomic E-state index is 12.3. The van der Waals surface area contributed by atoms with Crippen molar-refractivity contribution in [2.24, 2.45) is 0 Å². The third kappa shape index (κ3) is 6.10. The zero-order chi connectivity index (χ0) is 14.5. The largest absolute Gasteiger partial charge is 0.497 e. The summed E-state index contributed by atoms with van der Waals surface area (Å²) in [6.45, 7) is -2.01. The third-order valence-electron chi connectivity index (χ3n) is 2.33. The Labute approximate surface area is 108 Å². The Hall–Kier alpha value is -1.76. The van der Waals surface area contributed by atoms with Gasteiger partial charge in [0.25, 0.3) is 0 Å². The number of carboxylic acid groups (broad SMARTS) is 1. The molecule has 0 amide bonds. The second-order valence-electron chi connectivity index (χ2n) is 4.00. The molecule has 0 spiro atoms. The Balaban J connectivity index is 2.72. The molecule has 19 heavy (non-hydrogen) atoms. The minimum Gasteiger partial charge on any atom is -0.497 e. The lowest BCUT2D eigenvalue weighted by Crippen LogP contribution is -2.37. The van der Waals surface area contributed by atoms with E-state index in [1.807, 2.05) is 0 Å². The van der Waals surface area contributed by atoms with E-state index in [1.54, 1.807) is 24.3 Å². The predicted octanol–water partition coefficient (Wildman–Crippen LogP) is 2.14. The van der Waals surface area contributed by atoms with Crippen molar-refractivity contribution in [3.05, 3.63) is 29.8 Å². The number of hydrogen-bond donors (Lipinski definition) is 1. The van der Waals surface area contributed by atoms with Gasteiger partial charge in [-0.25, -0.2) is 0 Å². The zero-order valence-electron chi connectivity index (χ0n) is 10.3. The first-order valence-electron chi connectivity index (χ1n) is 5.44. The molecule has 1 aromatic rings. The molecular formula is C12H14F3NO3. The summed E-state index contributed by atoms with van der Waals surface area (Å²) in [6, 6.07) is 6.43. The molecule has 0 aromatic heterocycles. The van der Waals surface area contributed by atoms with E-state index in [2.05, 4.69) is 0 Å². The van der Waals surface area contributed by atoms with Crippen molar-refractivity contribution < 1.29 is 27.8 Å². The lowest BCUT2D eigenvalue weighted by atomic mass is 10.2.